The summed E-state index contributed by atoms with van der Waals surface area (Å²) in [6.45, 7) is 2.21. The van der Waals surface area contributed by atoms with E-state index in [-0.39, 0.29) is 5.91 Å². The van der Waals surface area contributed by atoms with Crippen LogP contribution in [0, 0.1) is 6.92 Å². The second-order valence-electron chi connectivity index (χ2n) is 4.75. The van der Waals surface area contributed by atoms with Crippen LogP contribution >= 0.6 is 0 Å². The quantitative estimate of drug-likeness (QED) is 0.783. The molecule has 110 valence electrons. The zero-order chi connectivity index (χ0) is 15.4. The van der Waals surface area contributed by atoms with E-state index in [1.54, 1.807) is 41.7 Å². The molecule has 0 aliphatic heterocycles. The van der Waals surface area contributed by atoms with Gasteiger partial charge in [0.05, 0.1) is 24.1 Å². The minimum absolute atomic E-state index is 0.155. The number of hydrogen-bond acceptors (Lipinski definition) is 5. The Morgan fingerprint density at radius 3 is 2.45 bits per heavy atom. The summed E-state index contributed by atoms with van der Waals surface area (Å²) >= 11 is 0. The predicted molar refractivity (Wildman–Crippen MR) is 79.3 cm³/mol. The fourth-order valence-corrected chi connectivity index (χ4v) is 1.90. The Bertz CT molecular complexity index is 750. The van der Waals surface area contributed by atoms with Gasteiger partial charge in [0.25, 0.3) is 5.91 Å². The third-order valence-corrected chi connectivity index (χ3v) is 3.11. The van der Waals surface area contributed by atoms with Crippen molar-refractivity contribution >= 4 is 5.91 Å². The Balaban J connectivity index is 1.63. The maximum absolute atomic E-state index is 12.1. The molecule has 2 aromatic heterocycles. The maximum Gasteiger partial charge on any atom is 0.251 e. The van der Waals surface area contributed by atoms with Crippen LogP contribution < -0.4 is 5.32 Å². The van der Waals surface area contributed by atoms with E-state index in [4.69, 9.17) is 0 Å². The van der Waals surface area contributed by atoms with Crippen LogP contribution in [0.5, 0.6) is 0 Å². The maximum atomic E-state index is 12.1. The van der Waals surface area contributed by atoms with Gasteiger partial charge in [-0.3, -0.25) is 19.3 Å². The Morgan fingerprint density at radius 1 is 1.09 bits per heavy atom. The summed E-state index contributed by atoms with van der Waals surface area (Å²) in [5, 5.41) is 10.3. The second kappa shape index (κ2) is 6.13. The highest BCUT2D eigenvalue weighted by Crippen LogP contribution is 2.08. The third-order valence-electron chi connectivity index (χ3n) is 3.11. The summed E-state index contributed by atoms with van der Waals surface area (Å²) in [5.41, 5.74) is 3.04. The summed E-state index contributed by atoms with van der Waals surface area (Å²) in [7, 11) is 0. The number of rotatable bonds is 4. The van der Waals surface area contributed by atoms with Crippen LogP contribution in [-0.4, -0.2) is 30.6 Å². The normalized spacial score (nSPS) is 10.4. The van der Waals surface area contributed by atoms with Crippen LogP contribution in [0.3, 0.4) is 0 Å². The molecule has 0 radical (unpaired) electrons. The van der Waals surface area contributed by atoms with Crippen molar-refractivity contribution in [1.29, 1.82) is 0 Å². The van der Waals surface area contributed by atoms with E-state index in [1.807, 2.05) is 19.1 Å². The minimum Gasteiger partial charge on any atom is -0.346 e. The molecule has 7 nitrogen and oxygen atoms in total. The first-order valence-corrected chi connectivity index (χ1v) is 6.73. The molecule has 0 aliphatic carbocycles. The Labute approximate surface area is 127 Å². The average Bonchev–Trinajstić information content (AvgIpc) is 3.09. The van der Waals surface area contributed by atoms with Gasteiger partial charge in [-0.05, 0) is 31.2 Å². The van der Waals surface area contributed by atoms with Gasteiger partial charge in [0, 0.05) is 17.4 Å². The van der Waals surface area contributed by atoms with Crippen molar-refractivity contribution in [1.82, 2.24) is 30.0 Å². The van der Waals surface area contributed by atoms with Gasteiger partial charge in [0.15, 0.2) is 0 Å². The van der Waals surface area contributed by atoms with Crippen LogP contribution in [0.25, 0.3) is 5.69 Å². The lowest BCUT2D eigenvalue weighted by Crippen LogP contribution is -2.23. The van der Waals surface area contributed by atoms with E-state index in [0.717, 1.165) is 17.1 Å². The van der Waals surface area contributed by atoms with E-state index < -0.39 is 0 Å². The van der Waals surface area contributed by atoms with Gasteiger partial charge in [-0.15, -0.1) is 10.2 Å². The third kappa shape index (κ3) is 3.14. The molecule has 0 saturated heterocycles. The van der Waals surface area contributed by atoms with Crippen molar-refractivity contribution in [3.63, 3.8) is 0 Å². The van der Waals surface area contributed by atoms with Crippen LogP contribution in [0.15, 0.2) is 49.3 Å². The summed E-state index contributed by atoms with van der Waals surface area (Å²) in [4.78, 5) is 20.4. The number of aromatic nitrogens is 5. The number of carbonyl (C=O) groups excluding carboxylic acids is 1. The highest BCUT2D eigenvalue weighted by molar-refractivity contribution is 5.94. The molecule has 1 N–H and O–H groups in total. The molecule has 7 heteroatoms. The average molecular weight is 294 g/mol. The lowest BCUT2D eigenvalue weighted by Gasteiger charge is -2.06. The largest absolute Gasteiger partial charge is 0.346 e. The van der Waals surface area contributed by atoms with Crippen molar-refractivity contribution < 1.29 is 4.79 Å². The van der Waals surface area contributed by atoms with Crippen molar-refractivity contribution in [3.8, 4) is 5.69 Å². The zero-order valence-corrected chi connectivity index (χ0v) is 12.0. The molecule has 0 spiro atoms. The first-order chi connectivity index (χ1) is 10.7. The van der Waals surface area contributed by atoms with Crippen LogP contribution in [0.4, 0.5) is 0 Å². The highest BCUT2D eigenvalue weighted by atomic mass is 16.1. The van der Waals surface area contributed by atoms with Crippen LogP contribution in [0.1, 0.15) is 21.7 Å². The van der Waals surface area contributed by atoms with Gasteiger partial charge in [-0.1, -0.05) is 0 Å². The zero-order valence-electron chi connectivity index (χ0n) is 12.0. The van der Waals surface area contributed by atoms with E-state index in [1.165, 1.54) is 0 Å². The number of aryl methyl sites for hydroxylation is 1. The van der Waals surface area contributed by atoms with Gasteiger partial charge in [-0.2, -0.15) is 0 Å². The van der Waals surface area contributed by atoms with Gasteiger partial charge in [0.1, 0.15) is 12.7 Å². The van der Waals surface area contributed by atoms with Crippen molar-refractivity contribution in [2.75, 3.05) is 0 Å². The van der Waals surface area contributed by atoms with Crippen molar-refractivity contribution in [3.05, 3.63) is 66.3 Å². The summed E-state index contributed by atoms with van der Waals surface area (Å²) in [6.07, 6.45) is 6.54. The molecule has 2 heterocycles. The molecule has 1 amide bonds. The summed E-state index contributed by atoms with van der Waals surface area (Å²) < 4.78 is 1.77. The first-order valence-electron chi connectivity index (χ1n) is 6.73. The molecule has 0 bridgehead atoms. The fraction of sp³-hybridized carbons (Fsp3) is 0.133. The number of benzene rings is 1. The van der Waals surface area contributed by atoms with E-state index >= 15 is 0 Å². The first kappa shape index (κ1) is 13.9. The molecular weight excluding hydrogens is 280 g/mol. The lowest BCUT2D eigenvalue weighted by molar-refractivity contribution is 0.0950. The standard InChI is InChI=1S/C15H14N6O/c1-11-6-17-13(7-16-11)8-18-15(22)12-2-4-14(5-3-12)21-9-19-20-10-21/h2-7,9-10H,8H2,1H3,(H,18,22). The van der Waals surface area contributed by atoms with Gasteiger partial charge in [-0.25, -0.2) is 0 Å². The van der Waals surface area contributed by atoms with Crippen molar-refractivity contribution in [2.45, 2.75) is 13.5 Å². The molecule has 0 aliphatic rings. The Hall–Kier alpha value is -3.09. The molecule has 3 aromatic rings. The predicted octanol–water partition coefficient (Wildman–Crippen LogP) is 1.30. The molecular formula is C15H14N6O. The topological polar surface area (TPSA) is 85.6 Å². The molecule has 22 heavy (non-hydrogen) atoms. The molecule has 0 atom stereocenters. The Morgan fingerprint density at radius 2 is 1.82 bits per heavy atom. The van der Waals surface area contributed by atoms with E-state index in [0.29, 0.717) is 12.1 Å². The van der Waals surface area contributed by atoms with Crippen LogP contribution in [-0.2, 0) is 6.54 Å². The molecule has 0 fully saturated rings. The van der Waals surface area contributed by atoms with Gasteiger partial charge >= 0.3 is 0 Å². The fourth-order valence-electron chi connectivity index (χ4n) is 1.90. The van der Waals surface area contributed by atoms with Gasteiger partial charge < -0.3 is 5.32 Å². The van der Waals surface area contributed by atoms with Crippen LogP contribution in [0.2, 0.25) is 0 Å². The minimum atomic E-state index is -0.155. The molecule has 3 rings (SSSR count). The van der Waals surface area contributed by atoms with E-state index in [2.05, 4.69) is 25.5 Å². The number of amides is 1. The second-order valence-corrected chi connectivity index (χ2v) is 4.75. The lowest BCUT2D eigenvalue weighted by atomic mass is 10.2. The number of nitrogens with zero attached hydrogens (tertiary/aromatic N) is 5. The molecule has 0 unspecified atom stereocenters. The molecule has 1 aromatic carbocycles. The smallest absolute Gasteiger partial charge is 0.251 e. The molecule has 0 saturated carbocycles. The summed E-state index contributed by atoms with van der Waals surface area (Å²) in [6, 6.07) is 7.19. The summed E-state index contributed by atoms with van der Waals surface area (Å²) in [5.74, 6) is -0.155. The van der Waals surface area contributed by atoms with Gasteiger partial charge in [0.2, 0.25) is 0 Å². The number of hydrogen-bond donors (Lipinski definition) is 1. The number of nitrogens with one attached hydrogen (secondary N) is 1. The monoisotopic (exact) mass is 294 g/mol. The Kier molecular flexibility index (Phi) is 3.86. The van der Waals surface area contributed by atoms with Crippen molar-refractivity contribution in [2.24, 2.45) is 0 Å². The highest BCUT2D eigenvalue weighted by Gasteiger charge is 2.06. The van der Waals surface area contributed by atoms with E-state index in [9.17, 15) is 4.79 Å². The number of carbonyl (C=O) groups is 1. The SMILES string of the molecule is Cc1cnc(CNC(=O)c2ccc(-n3cnnc3)cc2)cn1.